The van der Waals surface area contributed by atoms with Gasteiger partial charge in [0.05, 0.1) is 22.6 Å². The number of fused-ring (bicyclic) bond motifs is 1. The summed E-state index contributed by atoms with van der Waals surface area (Å²) in [5, 5.41) is 1.60. The summed E-state index contributed by atoms with van der Waals surface area (Å²) in [7, 11) is 1.69. The minimum Gasteiger partial charge on any atom is -0.332 e. The average molecular weight is 466 g/mol. The summed E-state index contributed by atoms with van der Waals surface area (Å²) < 4.78 is 1.56. The average Bonchev–Trinajstić information content (AvgIpc) is 2.80. The number of carbonyl (C=O) groups is 1. The molecule has 0 aliphatic heterocycles. The number of benzene rings is 3. The van der Waals surface area contributed by atoms with Crippen molar-refractivity contribution in [2.24, 2.45) is 0 Å². The standard InChI is InChI=1S/C25H21Cl2N3O2/c1-15-20(27)8-6-10-22(15)30-23(28-21-9-5-4-7-19(21)25(30)32)16(2)29(3)24(31)17-11-13-18(26)14-12-17/h4-14,16H,1-3H3. The van der Waals surface area contributed by atoms with Crippen LogP contribution in [0, 0.1) is 6.92 Å². The number of hydrogen-bond donors (Lipinski definition) is 0. The van der Waals surface area contributed by atoms with Gasteiger partial charge in [-0.3, -0.25) is 14.2 Å². The maximum atomic E-state index is 13.6. The Morgan fingerprint density at radius 1 is 1.00 bits per heavy atom. The molecule has 0 aliphatic rings. The molecule has 162 valence electrons. The summed E-state index contributed by atoms with van der Waals surface area (Å²) >= 11 is 12.3. The van der Waals surface area contributed by atoms with Crippen LogP contribution in [0.5, 0.6) is 0 Å². The highest BCUT2D eigenvalue weighted by molar-refractivity contribution is 6.31. The third kappa shape index (κ3) is 3.90. The van der Waals surface area contributed by atoms with Crippen LogP contribution >= 0.6 is 23.2 Å². The smallest absolute Gasteiger partial charge is 0.266 e. The lowest BCUT2D eigenvalue weighted by Gasteiger charge is -2.27. The highest BCUT2D eigenvalue weighted by atomic mass is 35.5. The molecule has 1 amide bonds. The number of para-hydroxylation sites is 1. The third-order valence-electron chi connectivity index (χ3n) is 5.65. The van der Waals surface area contributed by atoms with Gasteiger partial charge < -0.3 is 4.90 Å². The number of carbonyl (C=O) groups excluding carboxylic acids is 1. The Labute approximate surface area is 195 Å². The van der Waals surface area contributed by atoms with Gasteiger partial charge in [-0.25, -0.2) is 4.98 Å². The van der Waals surface area contributed by atoms with Crippen molar-refractivity contribution in [3.8, 4) is 5.69 Å². The molecule has 4 aromatic rings. The van der Waals surface area contributed by atoms with Gasteiger partial charge >= 0.3 is 0 Å². The molecular weight excluding hydrogens is 445 g/mol. The molecule has 0 aliphatic carbocycles. The number of nitrogens with zero attached hydrogens (tertiary/aromatic N) is 3. The van der Waals surface area contributed by atoms with E-state index in [1.165, 1.54) is 0 Å². The van der Waals surface area contributed by atoms with Gasteiger partial charge in [0.15, 0.2) is 0 Å². The van der Waals surface area contributed by atoms with Gasteiger partial charge in [-0.05, 0) is 67.9 Å². The van der Waals surface area contributed by atoms with Crippen LogP contribution in [-0.2, 0) is 0 Å². The highest BCUT2D eigenvalue weighted by Crippen LogP contribution is 2.27. The Bertz CT molecular complexity index is 1380. The zero-order valence-corrected chi connectivity index (χ0v) is 19.4. The Balaban J connectivity index is 1.91. The van der Waals surface area contributed by atoms with Gasteiger partial charge in [0, 0.05) is 22.7 Å². The third-order valence-corrected chi connectivity index (χ3v) is 6.31. The molecule has 32 heavy (non-hydrogen) atoms. The largest absolute Gasteiger partial charge is 0.332 e. The fourth-order valence-electron chi connectivity index (χ4n) is 3.65. The van der Waals surface area contributed by atoms with Crippen molar-refractivity contribution in [2.45, 2.75) is 19.9 Å². The number of amides is 1. The Kier molecular flexibility index (Phi) is 6.04. The number of hydrogen-bond acceptors (Lipinski definition) is 3. The highest BCUT2D eigenvalue weighted by Gasteiger charge is 2.25. The normalized spacial score (nSPS) is 12.0. The first-order valence-electron chi connectivity index (χ1n) is 10.1. The molecule has 1 heterocycles. The molecule has 0 fully saturated rings. The maximum absolute atomic E-state index is 13.6. The lowest BCUT2D eigenvalue weighted by Crippen LogP contribution is -2.35. The molecule has 0 N–H and O–H groups in total. The topological polar surface area (TPSA) is 55.2 Å². The molecule has 1 atom stereocenters. The molecular formula is C25H21Cl2N3O2. The molecule has 5 nitrogen and oxygen atoms in total. The second-order valence-electron chi connectivity index (χ2n) is 7.61. The monoisotopic (exact) mass is 465 g/mol. The van der Waals surface area contributed by atoms with Gasteiger partial charge in [-0.2, -0.15) is 0 Å². The second kappa shape index (κ2) is 8.77. The van der Waals surface area contributed by atoms with Crippen LogP contribution in [-0.4, -0.2) is 27.4 Å². The summed E-state index contributed by atoms with van der Waals surface area (Å²) in [5.74, 6) is 0.245. The van der Waals surface area contributed by atoms with Crippen LogP contribution in [0.1, 0.15) is 34.7 Å². The molecule has 1 unspecified atom stereocenters. The summed E-state index contributed by atoms with van der Waals surface area (Å²) in [6, 6.07) is 18.8. The van der Waals surface area contributed by atoms with E-state index in [1.54, 1.807) is 71.1 Å². The first-order valence-corrected chi connectivity index (χ1v) is 10.8. The van der Waals surface area contributed by atoms with E-state index in [9.17, 15) is 9.59 Å². The molecule has 3 aromatic carbocycles. The van der Waals surface area contributed by atoms with Crippen molar-refractivity contribution in [1.82, 2.24) is 14.5 Å². The van der Waals surface area contributed by atoms with Crippen molar-refractivity contribution in [3.05, 3.63) is 104 Å². The van der Waals surface area contributed by atoms with Gasteiger partial charge in [0.1, 0.15) is 5.82 Å². The summed E-state index contributed by atoms with van der Waals surface area (Å²) in [6.07, 6.45) is 0. The van der Waals surface area contributed by atoms with Crippen molar-refractivity contribution in [1.29, 1.82) is 0 Å². The maximum Gasteiger partial charge on any atom is 0.266 e. The first kappa shape index (κ1) is 22.1. The lowest BCUT2D eigenvalue weighted by molar-refractivity contribution is 0.0735. The van der Waals surface area contributed by atoms with Gasteiger partial charge in [0.2, 0.25) is 0 Å². The molecule has 1 aromatic heterocycles. The number of aromatic nitrogens is 2. The second-order valence-corrected chi connectivity index (χ2v) is 8.45. The fourth-order valence-corrected chi connectivity index (χ4v) is 3.94. The van der Waals surface area contributed by atoms with Crippen LogP contribution in [0.3, 0.4) is 0 Å². The first-order chi connectivity index (χ1) is 15.3. The SMILES string of the molecule is Cc1c(Cl)cccc1-n1c(C(C)N(C)C(=O)c2ccc(Cl)cc2)nc2ccccc2c1=O. The Morgan fingerprint density at radius 3 is 2.41 bits per heavy atom. The summed E-state index contributed by atoms with van der Waals surface area (Å²) in [6.45, 7) is 3.71. The zero-order chi connectivity index (χ0) is 23.0. The van der Waals surface area contributed by atoms with Crippen LogP contribution in [0.4, 0.5) is 0 Å². The Morgan fingerprint density at radius 2 is 1.69 bits per heavy atom. The van der Waals surface area contributed by atoms with E-state index in [0.717, 1.165) is 5.56 Å². The predicted molar refractivity (Wildman–Crippen MR) is 129 cm³/mol. The summed E-state index contributed by atoms with van der Waals surface area (Å²) in [4.78, 5) is 33.1. The quantitative estimate of drug-likeness (QED) is 0.380. The van der Waals surface area contributed by atoms with Crippen molar-refractivity contribution >= 4 is 40.0 Å². The molecule has 0 saturated carbocycles. The minimum absolute atomic E-state index is 0.203. The van der Waals surface area contributed by atoms with E-state index < -0.39 is 6.04 Å². The lowest BCUT2D eigenvalue weighted by atomic mass is 10.1. The minimum atomic E-state index is -0.506. The van der Waals surface area contributed by atoms with Crippen LogP contribution in [0.15, 0.2) is 71.5 Å². The number of rotatable bonds is 4. The van der Waals surface area contributed by atoms with Crippen molar-refractivity contribution in [2.75, 3.05) is 7.05 Å². The molecule has 7 heteroatoms. The predicted octanol–water partition coefficient (Wildman–Crippen LogP) is 5.83. The number of halogens is 2. The van der Waals surface area contributed by atoms with E-state index in [1.807, 2.05) is 26.0 Å². The Hall–Kier alpha value is -3.15. The van der Waals surface area contributed by atoms with E-state index in [0.29, 0.717) is 38.0 Å². The molecule has 0 bridgehead atoms. The molecule has 0 spiro atoms. The molecule has 4 rings (SSSR count). The fraction of sp³-hybridized carbons (Fsp3) is 0.160. The van der Waals surface area contributed by atoms with Gasteiger partial charge in [0.25, 0.3) is 11.5 Å². The van der Waals surface area contributed by atoms with E-state index in [4.69, 9.17) is 28.2 Å². The van der Waals surface area contributed by atoms with Crippen molar-refractivity contribution in [3.63, 3.8) is 0 Å². The van der Waals surface area contributed by atoms with Gasteiger partial charge in [-0.1, -0.05) is 41.4 Å². The van der Waals surface area contributed by atoms with E-state index in [-0.39, 0.29) is 11.5 Å². The van der Waals surface area contributed by atoms with Crippen LogP contribution in [0.2, 0.25) is 10.0 Å². The van der Waals surface area contributed by atoms with E-state index in [2.05, 4.69) is 0 Å². The summed E-state index contributed by atoms with van der Waals surface area (Å²) in [5.41, 5.74) is 2.25. The van der Waals surface area contributed by atoms with Crippen LogP contribution < -0.4 is 5.56 Å². The van der Waals surface area contributed by atoms with Crippen LogP contribution in [0.25, 0.3) is 16.6 Å². The van der Waals surface area contributed by atoms with Gasteiger partial charge in [-0.15, -0.1) is 0 Å². The molecule has 0 saturated heterocycles. The molecule has 0 radical (unpaired) electrons. The van der Waals surface area contributed by atoms with E-state index >= 15 is 0 Å². The van der Waals surface area contributed by atoms with Crippen molar-refractivity contribution < 1.29 is 4.79 Å². The zero-order valence-electron chi connectivity index (χ0n) is 17.8.